The third-order valence-corrected chi connectivity index (χ3v) is 8.88. The minimum atomic E-state index is -3.45. The molecule has 2 aliphatic heterocycles. The zero-order chi connectivity index (χ0) is 17.8. The van der Waals surface area contributed by atoms with Crippen LogP contribution in [0.3, 0.4) is 0 Å². The van der Waals surface area contributed by atoms with Crippen molar-refractivity contribution in [1.82, 2.24) is 0 Å². The van der Waals surface area contributed by atoms with E-state index in [1.54, 1.807) is 18.7 Å². The predicted molar refractivity (Wildman–Crippen MR) is 99.8 cm³/mol. The molecular weight excluding hydrogens is 336 g/mol. The molecule has 1 aromatic carbocycles. The van der Waals surface area contributed by atoms with Crippen LogP contribution in [-0.4, -0.2) is 43.5 Å². The topological polar surface area (TPSA) is 57.7 Å². The van der Waals surface area contributed by atoms with E-state index in [2.05, 4.69) is 11.0 Å². The Morgan fingerprint density at radius 2 is 1.76 bits per heavy atom. The van der Waals surface area contributed by atoms with Gasteiger partial charge in [0.25, 0.3) is 0 Å². The van der Waals surface area contributed by atoms with Gasteiger partial charge in [-0.15, -0.1) is 0 Å². The Balaban J connectivity index is 1.73. The van der Waals surface area contributed by atoms with Crippen LogP contribution in [0.5, 0.6) is 0 Å². The zero-order valence-corrected chi connectivity index (χ0v) is 15.8. The smallest absolute Gasteiger partial charge is 0.248 e. The van der Waals surface area contributed by atoms with E-state index >= 15 is 0 Å². The first-order valence-electron chi connectivity index (χ1n) is 9.25. The molecule has 136 valence electrons. The van der Waals surface area contributed by atoms with Gasteiger partial charge in [-0.05, 0) is 58.1 Å². The Kier molecular flexibility index (Phi) is 3.87. The molecule has 25 heavy (non-hydrogen) atoms. The van der Waals surface area contributed by atoms with Gasteiger partial charge in [0.15, 0.2) is 9.84 Å². The highest BCUT2D eigenvalue weighted by Gasteiger charge is 2.53. The number of hydrogen-bond acceptors (Lipinski definition) is 4. The molecule has 2 heterocycles. The van der Waals surface area contributed by atoms with Crippen molar-refractivity contribution in [1.29, 1.82) is 0 Å². The zero-order valence-electron chi connectivity index (χ0n) is 14.9. The summed E-state index contributed by atoms with van der Waals surface area (Å²) >= 11 is 0. The van der Waals surface area contributed by atoms with E-state index in [0.717, 1.165) is 30.8 Å². The van der Waals surface area contributed by atoms with Crippen molar-refractivity contribution in [3.8, 4) is 0 Å². The molecule has 2 fully saturated rings. The van der Waals surface area contributed by atoms with Crippen molar-refractivity contribution in [3.63, 3.8) is 0 Å². The van der Waals surface area contributed by atoms with Gasteiger partial charge in [-0.1, -0.05) is 12.1 Å². The SMILES string of the molecule is CC(C)(C(=O)N1C[C@H]2CCCCN2c2ccccc21)S(=O)(=O)C1CC1. The lowest BCUT2D eigenvalue weighted by molar-refractivity contribution is -0.120. The number of fused-ring (bicyclic) bond motifs is 3. The van der Waals surface area contributed by atoms with Crippen LogP contribution in [-0.2, 0) is 14.6 Å². The second-order valence-electron chi connectivity index (χ2n) is 8.00. The molecule has 0 aromatic heterocycles. The molecule has 6 heteroatoms. The third-order valence-electron chi connectivity index (χ3n) is 5.94. The van der Waals surface area contributed by atoms with Crippen LogP contribution in [0.15, 0.2) is 24.3 Å². The molecule has 1 amide bonds. The summed E-state index contributed by atoms with van der Waals surface area (Å²) in [5.74, 6) is -0.280. The average molecular weight is 362 g/mol. The van der Waals surface area contributed by atoms with Crippen molar-refractivity contribution < 1.29 is 13.2 Å². The monoisotopic (exact) mass is 362 g/mol. The number of piperidine rings is 1. The van der Waals surface area contributed by atoms with Gasteiger partial charge < -0.3 is 9.80 Å². The standard InChI is InChI=1S/C19H26N2O3S/c1-19(2,25(23,24)15-10-11-15)18(22)21-13-14-7-5-6-12-20(14)16-8-3-4-9-17(16)21/h3-4,8-9,14-15H,5-7,10-13H2,1-2H3/t14-/m1/s1. The van der Waals surface area contributed by atoms with Crippen molar-refractivity contribution in [2.75, 3.05) is 22.9 Å². The highest BCUT2D eigenvalue weighted by Crippen LogP contribution is 2.42. The summed E-state index contributed by atoms with van der Waals surface area (Å²) in [6, 6.07) is 8.19. The van der Waals surface area contributed by atoms with E-state index in [-0.39, 0.29) is 17.2 Å². The van der Waals surface area contributed by atoms with Crippen molar-refractivity contribution >= 4 is 27.1 Å². The van der Waals surface area contributed by atoms with E-state index in [1.807, 2.05) is 18.2 Å². The normalized spacial score (nSPS) is 23.8. The molecule has 4 rings (SSSR count). The number of amides is 1. The molecule has 0 unspecified atom stereocenters. The molecule has 0 N–H and O–H groups in total. The lowest BCUT2D eigenvalue weighted by atomic mass is 9.96. The maximum absolute atomic E-state index is 13.4. The summed E-state index contributed by atoms with van der Waals surface area (Å²) < 4.78 is 24.3. The molecule has 5 nitrogen and oxygen atoms in total. The van der Waals surface area contributed by atoms with E-state index in [0.29, 0.717) is 19.4 Å². The van der Waals surface area contributed by atoms with E-state index < -0.39 is 14.6 Å². The lowest BCUT2D eigenvalue weighted by Gasteiger charge is -2.47. The number of hydrogen-bond donors (Lipinski definition) is 0. The number of carbonyl (C=O) groups is 1. The van der Waals surface area contributed by atoms with Gasteiger partial charge in [-0.3, -0.25) is 4.79 Å². The quantitative estimate of drug-likeness (QED) is 0.830. The maximum Gasteiger partial charge on any atom is 0.248 e. The molecular formula is C19H26N2O3S. The van der Waals surface area contributed by atoms with Gasteiger partial charge in [0.2, 0.25) is 5.91 Å². The fourth-order valence-electron chi connectivity index (χ4n) is 4.19. The van der Waals surface area contributed by atoms with Crippen LogP contribution >= 0.6 is 0 Å². The van der Waals surface area contributed by atoms with Crippen LogP contribution in [0.4, 0.5) is 11.4 Å². The fraction of sp³-hybridized carbons (Fsp3) is 0.632. The fourth-order valence-corrected chi connectivity index (χ4v) is 6.13. The third kappa shape index (κ3) is 2.57. The van der Waals surface area contributed by atoms with Gasteiger partial charge >= 0.3 is 0 Å². The summed E-state index contributed by atoms with van der Waals surface area (Å²) in [7, 11) is -3.45. The molecule has 1 saturated carbocycles. The molecule has 3 aliphatic rings. The number of nitrogens with zero attached hydrogens (tertiary/aromatic N) is 2. The highest BCUT2D eigenvalue weighted by molar-refractivity contribution is 7.94. The Morgan fingerprint density at radius 1 is 1.08 bits per heavy atom. The molecule has 0 radical (unpaired) electrons. The number of para-hydroxylation sites is 2. The molecule has 0 spiro atoms. The second-order valence-corrected chi connectivity index (χ2v) is 10.8. The van der Waals surface area contributed by atoms with Gasteiger partial charge in [-0.2, -0.15) is 0 Å². The minimum Gasteiger partial charge on any atom is -0.365 e. The number of sulfone groups is 1. The summed E-state index contributed by atoms with van der Waals surface area (Å²) in [5, 5.41) is -0.335. The number of benzene rings is 1. The lowest BCUT2D eigenvalue weighted by Crippen LogP contribution is -2.58. The molecule has 1 aromatic rings. The first-order valence-corrected chi connectivity index (χ1v) is 10.8. The van der Waals surface area contributed by atoms with Crippen LogP contribution < -0.4 is 9.80 Å². The van der Waals surface area contributed by atoms with Crippen molar-refractivity contribution in [2.45, 2.75) is 62.0 Å². The predicted octanol–water partition coefficient (Wildman–Crippen LogP) is 2.75. The number of carbonyl (C=O) groups excluding carboxylic acids is 1. The molecule has 1 aliphatic carbocycles. The number of anilines is 2. The van der Waals surface area contributed by atoms with E-state index in [1.165, 1.54) is 6.42 Å². The Bertz CT molecular complexity index is 799. The summed E-state index contributed by atoms with van der Waals surface area (Å²) in [4.78, 5) is 17.5. The van der Waals surface area contributed by atoms with Crippen LogP contribution in [0.2, 0.25) is 0 Å². The first kappa shape index (κ1) is 16.9. The molecule has 0 bridgehead atoms. The van der Waals surface area contributed by atoms with Gasteiger partial charge in [0.05, 0.1) is 16.6 Å². The number of rotatable bonds is 3. The van der Waals surface area contributed by atoms with Crippen LogP contribution in [0, 0.1) is 0 Å². The molecule has 1 saturated heterocycles. The van der Waals surface area contributed by atoms with E-state index in [4.69, 9.17) is 0 Å². The largest absolute Gasteiger partial charge is 0.365 e. The summed E-state index contributed by atoms with van der Waals surface area (Å²) in [6.07, 6.45) is 4.75. The summed E-state index contributed by atoms with van der Waals surface area (Å²) in [6.45, 7) is 4.75. The van der Waals surface area contributed by atoms with Crippen LogP contribution in [0.1, 0.15) is 46.0 Å². The van der Waals surface area contributed by atoms with Crippen molar-refractivity contribution in [3.05, 3.63) is 24.3 Å². The summed E-state index contributed by atoms with van der Waals surface area (Å²) in [5.41, 5.74) is 1.91. The van der Waals surface area contributed by atoms with E-state index in [9.17, 15) is 13.2 Å². The Labute approximate surface area is 149 Å². The maximum atomic E-state index is 13.4. The Morgan fingerprint density at radius 3 is 2.44 bits per heavy atom. The highest BCUT2D eigenvalue weighted by atomic mass is 32.2. The Hall–Kier alpha value is -1.56. The minimum absolute atomic E-state index is 0.280. The second kappa shape index (κ2) is 5.73. The van der Waals surface area contributed by atoms with Crippen LogP contribution in [0.25, 0.3) is 0 Å². The average Bonchev–Trinajstić information content (AvgIpc) is 3.46. The van der Waals surface area contributed by atoms with Gasteiger partial charge in [-0.25, -0.2) is 8.42 Å². The van der Waals surface area contributed by atoms with Gasteiger partial charge in [0.1, 0.15) is 4.75 Å². The molecule has 1 atom stereocenters. The first-order chi connectivity index (χ1) is 11.8. The van der Waals surface area contributed by atoms with Gasteiger partial charge in [0, 0.05) is 19.1 Å². The van der Waals surface area contributed by atoms with Crippen molar-refractivity contribution in [2.24, 2.45) is 0 Å².